The molecule has 0 amide bonds. The predicted octanol–water partition coefficient (Wildman–Crippen LogP) is 3.72. The first-order valence-electron chi connectivity index (χ1n) is 9.88. The molecule has 0 spiro atoms. The second kappa shape index (κ2) is 8.37. The highest BCUT2D eigenvalue weighted by Gasteiger charge is 2.26. The van der Waals surface area contributed by atoms with Crippen LogP contribution in [0, 0.1) is 5.92 Å². The van der Waals surface area contributed by atoms with Crippen LogP contribution in [0.5, 0.6) is 0 Å². The Bertz CT molecular complexity index is 1010. The molecule has 1 fully saturated rings. The summed E-state index contributed by atoms with van der Waals surface area (Å²) in [6.45, 7) is 1.41. The van der Waals surface area contributed by atoms with Gasteiger partial charge in [-0.25, -0.2) is 8.78 Å². The molecule has 1 aromatic carbocycles. The molecule has 0 bridgehead atoms. The Kier molecular flexibility index (Phi) is 5.67. The molecule has 0 atom stereocenters. The van der Waals surface area contributed by atoms with Crippen molar-refractivity contribution < 1.29 is 13.6 Å². The maximum Gasteiger partial charge on any atom is 0.241 e. The number of rotatable bonds is 6. The molecule has 1 saturated heterocycles. The number of alkyl halides is 2. The Morgan fingerprint density at radius 3 is 2.62 bits per heavy atom. The van der Waals surface area contributed by atoms with Crippen molar-refractivity contribution in [3.8, 4) is 11.1 Å². The van der Waals surface area contributed by atoms with E-state index in [2.05, 4.69) is 16.1 Å². The second-order valence-electron chi connectivity index (χ2n) is 7.80. The molecule has 0 unspecified atom stereocenters. The van der Waals surface area contributed by atoms with E-state index >= 15 is 0 Å². The lowest BCUT2D eigenvalue weighted by Crippen LogP contribution is -2.39. The molecular weight excluding hydrogens is 374 g/mol. The van der Waals surface area contributed by atoms with Gasteiger partial charge in [-0.05, 0) is 49.0 Å². The van der Waals surface area contributed by atoms with Crippen LogP contribution >= 0.6 is 0 Å². The Hall–Kier alpha value is -2.67. The van der Waals surface area contributed by atoms with E-state index in [9.17, 15) is 13.6 Å². The minimum absolute atomic E-state index is 0.0655. The first-order valence-corrected chi connectivity index (χ1v) is 9.88. The lowest BCUT2D eigenvalue weighted by atomic mass is 9.97. The summed E-state index contributed by atoms with van der Waals surface area (Å²) in [7, 11) is 1.88. The topological polar surface area (TPSA) is 51.0 Å². The highest BCUT2D eigenvalue weighted by molar-refractivity contribution is 5.88. The van der Waals surface area contributed by atoms with E-state index in [-0.39, 0.29) is 12.2 Å². The Balaban J connectivity index is 1.42. The van der Waals surface area contributed by atoms with E-state index in [1.165, 1.54) is 0 Å². The fourth-order valence-electron chi connectivity index (χ4n) is 3.90. The lowest BCUT2D eigenvalue weighted by molar-refractivity contribution is -0.120. The number of ketones is 1. The summed E-state index contributed by atoms with van der Waals surface area (Å²) >= 11 is 0. The number of carbonyl (C=O) groups is 1. The monoisotopic (exact) mass is 398 g/mol. The van der Waals surface area contributed by atoms with Crippen LogP contribution in [0.4, 0.5) is 8.78 Å². The van der Waals surface area contributed by atoms with Gasteiger partial charge in [-0.1, -0.05) is 12.1 Å². The molecule has 2 aromatic heterocycles. The number of benzene rings is 1. The van der Waals surface area contributed by atoms with Crippen molar-refractivity contribution in [1.82, 2.24) is 19.7 Å². The number of hydrogen-bond donors (Lipinski definition) is 0. The van der Waals surface area contributed by atoms with Crippen molar-refractivity contribution in [2.75, 3.05) is 19.6 Å². The predicted molar refractivity (Wildman–Crippen MR) is 108 cm³/mol. The van der Waals surface area contributed by atoms with Crippen molar-refractivity contribution in [3.63, 3.8) is 0 Å². The minimum Gasteiger partial charge on any atom is -0.298 e. The van der Waals surface area contributed by atoms with Gasteiger partial charge in [0.05, 0.1) is 19.2 Å². The van der Waals surface area contributed by atoms with E-state index in [1.807, 2.05) is 42.5 Å². The van der Waals surface area contributed by atoms with E-state index in [0.717, 1.165) is 27.6 Å². The van der Waals surface area contributed by atoms with Crippen LogP contribution in [-0.4, -0.2) is 51.5 Å². The van der Waals surface area contributed by atoms with Gasteiger partial charge in [-0.3, -0.25) is 19.4 Å². The van der Waals surface area contributed by atoms with E-state index in [0.29, 0.717) is 32.5 Å². The molecule has 5 nitrogen and oxygen atoms in total. The smallest absolute Gasteiger partial charge is 0.241 e. The number of aromatic nitrogens is 3. The second-order valence-corrected chi connectivity index (χ2v) is 7.80. The number of Topliss-reactive ketones (excluding diaryl/α,β-unsaturated/α-hetero) is 1. The summed E-state index contributed by atoms with van der Waals surface area (Å²) in [6.07, 6.45) is 4.48. The molecule has 7 heteroatoms. The third-order valence-corrected chi connectivity index (χ3v) is 5.58. The van der Waals surface area contributed by atoms with Crippen LogP contribution in [0.1, 0.15) is 18.5 Å². The van der Waals surface area contributed by atoms with Crippen LogP contribution in [0.25, 0.3) is 21.9 Å². The van der Waals surface area contributed by atoms with Crippen molar-refractivity contribution in [1.29, 1.82) is 0 Å². The van der Waals surface area contributed by atoms with Crippen LogP contribution in [0.15, 0.2) is 42.9 Å². The van der Waals surface area contributed by atoms with Gasteiger partial charge < -0.3 is 0 Å². The van der Waals surface area contributed by atoms with Gasteiger partial charge >= 0.3 is 0 Å². The summed E-state index contributed by atoms with van der Waals surface area (Å²) < 4.78 is 27.3. The number of carbonyl (C=O) groups excluding carboxylic acids is 1. The molecule has 3 heterocycles. The molecule has 1 aliphatic rings. The molecule has 0 saturated carbocycles. The number of piperidine rings is 1. The summed E-state index contributed by atoms with van der Waals surface area (Å²) in [5, 5.41) is 6.26. The third kappa shape index (κ3) is 4.67. The maximum absolute atomic E-state index is 12.8. The van der Waals surface area contributed by atoms with Crippen molar-refractivity contribution in [2.24, 2.45) is 13.0 Å². The van der Waals surface area contributed by atoms with Gasteiger partial charge in [0.15, 0.2) is 5.78 Å². The van der Waals surface area contributed by atoms with E-state index < -0.39 is 12.3 Å². The van der Waals surface area contributed by atoms with Gasteiger partial charge in [0.25, 0.3) is 0 Å². The Morgan fingerprint density at radius 1 is 1.14 bits per heavy atom. The van der Waals surface area contributed by atoms with Crippen molar-refractivity contribution in [3.05, 3.63) is 48.5 Å². The highest BCUT2D eigenvalue weighted by Crippen LogP contribution is 2.25. The SMILES string of the molecule is Cn1cc(-c2ccc3cnc(CC(=O)CN4CCC(C(F)F)CC4)cc3c2)cn1. The summed E-state index contributed by atoms with van der Waals surface area (Å²) in [5.74, 6) is -0.465. The number of aryl methyl sites for hydroxylation is 1. The Labute approximate surface area is 168 Å². The largest absolute Gasteiger partial charge is 0.298 e. The third-order valence-electron chi connectivity index (χ3n) is 5.58. The number of nitrogens with zero attached hydrogens (tertiary/aromatic N) is 4. The van der Waals surface area contributed by atoms with Crippen LogP contribution < -0.4 is 0 Å². The normalized spacial score (nSPS) is 16.0. The maximum atomic E-state index is 12.8. The molecule has 0 aliphatic carbocycles. The fourth-order valence-corrected chi connectivity index (χ4v) is 3.90. The molecular formula is C22H24F2N4O. The number of halogens is 2. The lowest BCUT2D eigenvalue weighted by Gasteiger charge is -2.30. The zero-order valence-electron chi connectivity index (χ0n) is 16.4. The first-order chi connectivity index (χ1) is 14.0. The van der Waals surface area contributed by atoms with Gasteiger partial charge in [0, 0.05) is 42.0 Å². The molecule has 3 aromatic rings. The average molecular weight is 398 g/mol. The number of hydrogen-bond acceptors (Lipinski definition) is 4. The van der Waals surface area contributed by atoms with Crippen LogP contribution in [-0.2, 0) is 18.3 Å². The highest BCUT2D eigenvalue weighted by atomic mass is 19.3. The summed E-state index contributed by atoms with van der Waals surface area (Å²) in [5.41, 5.74) is 2.83. The zero-order valence-corrected chi connectivity index (χ0v) is 16.4. The minimum atomic E-state index is -2.26. The molecule has 29 heavy (non-hydrogen) atoms. The van der Waals surface area contributed by atoms with Crippen molar-refractivity contribution >= 4 is 16.6 Å². The Morgan fingerprint density at radius 2 is 1.93 bits per heavy atom. The quantitative estimate of drug-likeness (QED) is 0.635. The van der Waals surface area contributed by atoms with Gasteiger partial charge in [-0.2, -0.15) is 5.10 Å². The van der Waals surface area contributed by atoms with Gasteiger partial charge in [0.1, 0.15) is 0 Å². The number of pyridine rings is 1. The van der Waals surface area contributed by atoms with Crippen LogP contribution in [0.3, 0.4) is 0 Å². The van der Waals surface area contributed by atoms with Crippen molar-refractivity contribution in [2.45, 2.75) is 25.7 Å². The molecule has 152 valence electrons. The summed E-state index contributed by atoms with van der Waals surface area (Å²) in [6, 6.07) is 8.09. The molecule has 4 rings (SSSR count). The molecule has 1 aliphatic heterocycles. The van der Waals surface area contributed by atoms with Crippen LogP contribution in [0.2, 0.25) is 0 Å². The van der Waals surface area contributed by atoms with E-state index in [1.54, 1.807) is 10.9 Å². The first kappa shape index (κ1) is 19.6. The average Bonchev–Trinajstić information content (AvgIpc) is 3.14. The standard InChI is InChI=1S/C22H24F2N4O/c1-27-13-19(12-26-27)16-2-3-17-11-25-20(9-18(17)8-16)10-21(29)14-28-6-4-15(5-7-28)22(23)24/h2-3,8-9,11-13,15,22H,4-7,10,14H2,1H3. The van der Waals surface area contributed by atoms with Gasteiger partial charge in [0.2, 0.25) is 6.43 Å². The summed E-state index contributed by atoms with van der Waals surface area (Å²) in [4.78, 5) is 18.9. The number of fused-ring (bicyclic) bond motifs is 1. The number of likely N-dealkylation sites (tertiary alicyclic amines) is 1. The zero-order chi connectivity index (χ0) is 20.4. The molecule has 0 radical (unpaired) electrons. The fraction of sp³-hybridized carbons (Fsp3) is 0.409. The van der Waals surface area contributed by atoms with Gasteiger partial charge in [-0.15, -0.1) is 0 Å². The molecule has 0 N–H and O–H groups in total. The van der Waals surface area contributed by atoms with E-state index in [4.69, 9.17) is 0 Å².